The van der Waals surface area contributed by atoms with Gasteiger partial charge in [-0.15, -0.1) is 0 Å². The number of hydrogen-bond acceptors (Lipinski definition) is 4. The van der Waals surface area contributed by atoms with Gasteiger partial charge < -0.3 is 9.47 Å². The van der Waals surface area contributed by atoms with E-state index in [0.29, 0.717) is 6.61 Å². The molecule has 0 aliphatic rings. The zero-order valence-electron chi connectivity index (χ0n) is 10.9. The fourth-order valence-electron chi connectivity index (χ4n) is 0.851. The van der Waals surface area contributed by atoms with E-state index >= 15 is 0 Å². The summed E-state index contributed by atoms with van der Waals surface area (Å²) in [6, 6.07) is 0. The van der Waals surface area contributed by atoms with Crippen molar-refractivity contribution >= 4 is 12.1 Å². The maximum absolute atomic E-state index is 11.2. The van der Waals surface area contributed by atoms with E-state index < -0.39 is 17.7 Å². The molecule has 5 nitrogen and oxygen atoms in total. The van der Waals surface area contributed by atoms with E-state index in [4.69, 9.17) is 9.47 Å². The third-order valence-corrected chi connectivity index (χ3v) is 1.56. The number of ether oxygens (including phenoxy) is 2. The molecule has 0 aliphatic heterocycles. The smallest absolute Gasteiger partial charge is 0.411 e. The fourth-order valence-corrected chi connectivity index (χ4v) is 0.851. The van der Waals surface area contributed by atoms with Crippen molar-refractivity contribution in [3.8, 4) is 0 Å². The molecule has 0 saturated carbocycles. The van der Waals surface area contributed by atoms with Gasteiger partial charge in [-0.3, -0.25) is 5.32 Å². The van der Waals surface area contributed by atoms with Crippen LogP contribution in [0.5, 0.6) is 0 Å². The fraction of sp³-hybridized carbons (Fsp3) is 0.667. The predicted molar refractivity (Wildman–Crippen MR) is 64.4 cm³/mol. The predicted octanol–water partition coefficient (Wildman–Crippen LogP) is 2.37. The molecule has 0 aromatic heterocycles. The summed E-state index contributed by atoms with van der Waals surface area (Å²) in [6.45, 7) is 7.68. The van der Waals surface area contributed by atoms with Crippen molar-refractivity contribution < 1.29 is 19.1 Å². The second-order valence-corrected chi connectivity index (χ2v) is 4.50. The topological polar surface area (TPSA) is 64.6 Å². The molecule has 0 radical (unpaired) electrons. The highest BCUT2D eigenvalue weighted by Crippen LogP contribution is 2.06. The van der Waals surface area contributed by atoms with Crippen LogP contribution in [-0.4, -0.2) is 24.3 Å². The summed E-state index contributed by atoms with van der Waals surface area (Å²) in [7, 11) is 0. The molecule has 0 aromatic rings. The number of hydrogen-bond donors (Lipinski definition) is 1. The Bertz CT molecular complexity index is 279. The lowest BCUT2D eigenvalue weighted by atomic mass is 10.2. The third-order valence-electron chi connectivity index (χ3n) is 1.56. The summed E-state index contributed by atoms with van der Waals surface area (Å²) in [5.74, 6) is -0.477. The lowest BCUT2D eigenvalue weighted by Crippen LogP contribution is -2.29. The van der Waals surface area contributed by atoms with E-state index in [1.165, 1.54) is 6.20 Å². The van der Waals surface area contributed by atoms with Gasteiger partial charge in [0, 0.05) is 12.3 Å². The number of nitrogens with one attached hydrogen (secondary N) is 1. The van der Waals surface area contributed by atoms with Crippen LogP contribution in [0, 0.1) is 0 Å². The van der Waals surface area contributed by atoms with Crippen LogP contribution in [0.2, 0.25) is 0 Å². The van der Waals surface area contributed by atoms with Crippen LogP contribution < -0.4 is 5.32 Å². The van der Waals surface area contributed by atoms with Crippen molar-refractivity contribution in [3.05, 3.63) is 12.3 Å². The summed E-state index contributed by atoms with van der Waals surface area (Å²) in [5.41, 5.74) is -0.556. The van der Waals surface area contributed by atoms with E-state index in [1.54, 1.807) is 20.8 Å². The Labute approximate surface area is 102 Å². The Morgan fingerprint density at radius 1 is 1.29 bits per heavy atom. The molecule has 0 fully saturated rings. The zero-order valence-corrected chi connectivity index (χ0v) is 10.9. The van der Waals surface area contributed by atoms with Crippen molar-refractivity contribution in [2.24, 2.45) is 0 Å². The number of carbonyl (C=O) groups excluding carboxylic acids is 2. The number of rotatable bonds is 5. The van der Waals surface area contributed by atoms with Gasteiger partial charge in [0.15, 0.2) is 0 Å². The molecule has 0 rings (SSSR count). The minimum atomic E-state index is -0.602. The standard InChI is InChI=1S/C12H21NO4/c1-5-6-9-16-10(14)7-8-13-11(15)17-12(2,3)4/h7-8H,5-6,9H2,1-4H3,(H,13,15)/b8-7+. The molecule has 0 unspecified atom stereocenters. The normalized spacial score (nSPS) is 11.3. The van der Waals surface area contributed by atoms with Gasteiger partial charge in [0.05, 0.1) is 6.61 Å². The van der Waals surface area contributed by atoms with Crippen molar-refractivity contribution in [2.45, 2.75) is 46.1 Å². The van der Waals surface area contributed by atoms with E-state index in [1.807, 2.05) is 6.92 Å². The molecule has 0 saturated heterocycles. The van der Waals surface area contributed by atoms with Crippen LogP contribution in [-0.2, 0) is 14.3 Å². The molecule has 17 heavy (non-hydrogen) atoms. The first-order valence-electron chi connectivity index (χ1n) is 5.68. The van der Waals surface area contributed by atoms with Gasteiger partial charge >= 0.3 is 12.1 Å². The molecule has 0 atom stereocenters. The van der Waals surface area contributed by atoms with Crippen molar-refractivity contribution in [2.75, 3.05) is 6.61 Å². The minimum Gasteiger partial charge on any atom is -0.462 e. The largest absolute Gasteiger partial charge is 0.462 e. The zero-order chi connectivity index (χ0) is 13.3. The second kappa shape index (κ2) is 7.70. The number of amides is 1. The molecule has 0 aliphatic carbocycles. The maximum Gasteiger partial charge on any atom is 0.411 e. The molecule has 0 heterocycles. The highest BCUT2D eigenvalue weighted by Gasteiger charge is 2.14. The molecule has 1 amide bonds. The second-order valence-electron chi connectivity index (χ2n) is 4.50. The average Bonchev–Trinajstić information content (AvgIpc) is 2.15. The van der Waals surface area contributed by atoms with Gasteiger partial charge in [0.25, 0.3) is 0 Å². The number of unbranched alkanes of at least 4 members (excludes halogenated alkanes) is 1. The van der Waals surface area contributed by atoms with Gasteiger partial charge in [-0.2, -0.15) is 0 Å². The van der Waals surface area contributed by atoms with Crippen LogP contribution in [0.15, 0.2) is 12.3 Å². The van der Waals surface area contributed by atoms with Gasteiger partial charge in [0.1, 0.15) is 5.60 Å². The van der Waals surface area contributed by atoms with Gasteiger partial charge in [-0.25, -0.2) is 9.59 Å². The molecule has 0 spiro atoms. The Morgan fingerprint density at radius 3 is 2.47 bits per heavy atom. The maximum atomic E-state index is 11.2. The van der Waals surface area contributed by atoms with Crippen LogP contribution in [0.4, 0.5) is 4.79 Å². The number of alkyl carbamates (subject to hydrolysis) is 1. The Hall–Kier alpha value is -1.52. The number of esters is 1. The molecule has 0 aromatic carbocycles. The van der Waals surface area contributed by atoms with Gasteiger partial charge in [-0.1, -0.05) is 13.3 Å². The SMILES string of the molecule is CCCCOC(=O)/C=C/NC(=O)OC(C)(C)C. The Balaban J connectivity index is 3.79. The monoisotopic (exact) mass is 243 g/mol. The van der Waals surface area contributed by atoms with Crippen molar-refractivity contribution in [1.82, 2.24) is 5.32 Å². The summed E-state index contributed by atoms with van der Waals surface area (Å²) < 4.78 is 9.81. The Morgan fingerprint density at radius 2 is 1.94 bits per heavy atom. The first kappa shape index (κ1) is 15.5. The lowest BCUT2D eigenvalue weighted by Gasteiger charge is -2.18. The highest BCUT2D eigenvalue weighted by atomic mass is 16.6. The minimum absolute atomic E-state index is 0.395. The van der Waals surface area contributed by atoms with E-state index in [-0.39, 0.29) is 0 Å². The van der Waals surface area contributed by atoms with Gasteiger partial charge in [0.2, 0.25) is 0 Å². The van der Waals surface area contributed by atoms with Crippen LogP contribution in [0.3, 0.4) is 0 Å². The van der Waals surface area contributed by atoms with Crippen LogP contribution in [0.25, 0.3) is 0 Å². The molecule has 98 valence electrons. The van der Waals surface area contributed by atoms with Crippen LogP contribution in [0.1, 0.15) is 40.5 Å². The van der Waals surface area contributed by atoms with Crippen molar-refractivity contribution in [3.63, 3.8) is 0 Å². The van der Waals surface area contributed by atoms with Crippen LogP contribution >= 0.6 is 0 Å². The van der Waals surface area contributed by atoms with E-state index in [9.17, 15) is 9.59 Å². The average molecular weight is 243 g/mol. The summed E-state index contributed by atoms with van der Waals surface area (Å²) in [5, 5.41) is 2.32. The first-order chi connectivity index (χ1) is 7.85. The molecule has 5 heteroatoms. The molecule has 0 bridgehead atoms. The summed E-state index contributed by atoms with van der Waals surface area (Å²) in [4.78, 5) is 22.2. The molecule has 1 N–H and O–H groups in total. The van der Waals surface area contributed by atoms with Gasteiger partial charge in [-0.05, 0) is 27.2 Å². The summed E-state index contributed by atoms with van der Waals surface area (Å²) in [6.07, 6.45) is 3.56. The third kappa shape index (κ3) is 10.8. The first-order valence-corrected chi connectivity index (χ1v) is 5.68. The highest BCUT2D eigenvalue weighted by molar-refractivity contribution is 5.82. The quantitative estimate of drug-likeness (QED) is 0.457. The van der Waals surface area contributed by atoms with Crippen molar-refractivity contribution in [1.29, 1.82) is 0 Å². The summed E-state index contributed by atoms with van der Waals surface area (Å²) >= 11 is 0. The number of carbonyl (C=O) groups is 2. The van der Waals surface area contributed by atoms with E-state index in [2.05, 4.69) is 5.32 Å². The lowest BCUT2D eigenvalue weighted by molar-refractivity contribution is -0.137. The van der Waals surface area contributed by atoms with E-state index in [0.717, 1.165) is 18.9 Å². The Kier molecular flexibility index (Phi) is 7.02. The molecular formula is C12H21NO4. The molecular weight excluding hydrogens is 222 g/mol.